The number of fused-ring (bicyclic) bond motifs is 1. The lowest BCUT2D eigenvalue weighted by molar-refractivity contribution is -0.149. The van der Waals surface area contributed by atoms with Gasteiger partial charge in [0.2, 0.25) is 5.95 Å². The number of nitrogens with one attached hydrogen (secondary N) is 2. The fraction of sp³-hybridized carbons (Fsp3) is 0.538. The summed E-state index contributed by atoms with van der Waals surface area (Å²) in [6, 6.07) is 7.33. The number of hydrogen-bond donors (Lipinski definition) is 4. The van der Waals surface area contributed by atoms with Gasteiger partial charge in [-0.2, -0.15) is 15.1 Å². The molecule has 5 rings (SSSR count). The number of carbonyl (C=O) groups is 1. The van der Waals surface area contributed by atoms with Crippen molar-refractivity contribution in [3.63, 3.8) is 0 Å². The van der Waals surface area contributed by atoms with E-state index in [4.69, 9.17) is 24.3 Å². The molecule has 6 atom stereocenters. The quantitative estimate of drug-likeness (QED) is 0.174. The monoisotopic (exact) mass is 607 g/mol. The predicted octanol–water partition coefficient (Wildman–Crippen LogP) is 3.10. The van der Waals surface area contributed by atoms with E-state index in [2.05, 4.69) is 25.4 Å². The number of aromatic nitrogens is 4. The molecule has 1 aliphatic carbocycles. The van der Waals surface area contributed by atoms with Gasteiger partial charge in [-0.05, 0) is 52.7 Å². The van der Waals surface area contributed by atoms with Crippen LogP contribution in [0.4, 0.5) is 16.2 Å². The third kappa shape index (κ3) is 6.50. The highest BCUT2D eigenvalue weighted by molar-refractivity contribution is 7.52. The number of aliphatic hydroxyl groups is 1. The van der Waals surface area contributed by atoms with E-state index in [-0.39, 0.29) is 23.4 Å². The first-order valence-corrected chi connectivity index (χ1v) is 15.2. The van der Waals surface area contributed by atoms with Crippen LogP contribution in [0.2, 0.25) is 0 Å². The summed E-state index contributed by atoms with van der Waals surface area (Å²) in [6.45, 7) is 5.41. The second-order valence-corrected chi connectivity index (χ2v) is 12.5. The fourth-order valence-corrected chi connectivity index (χ4v) is 5.99. The summed E-state index contributed by atoms with van der Waals surface area (Å²) in [5.41, 5.74) is 4.16. The molecule has 2 aliphatic rings. The van der Waals surface area contributed by atoms with E-state index < -0.39 is 56.6 Å². The zero-order chi connectivity index (χ0) is 30.2. The first-order valence-electron chi connectivity index (χ1n) is 13.6. The molecule has 0 spiro atoms. The van der Waals surface area contributed by atoms with Gasteiger partial charge in [0.25, 0.3) is 0 Å². The first-order chi connectivity index (χ1) is 19.9. The van der Waals surface area contributed by atoms with Crippen molar-refractivity contribution in [2.75, 3.05) is 17.7 Å². The van der Waals surface area contributed by atoms with E-state index in [0.29, 0.717) is 11.3 Å². The largest absolute Gasteiger partial charge is 0.462 e. The Hall–Kier alpha value is -3.36. The second kappa shape index (κ2) is 11.7. The standard InChI is InChI=1S/C26H35FN7O7P/c1-14(2)39-23(36)15(3)33-42(37,41-17-8-6-5-7-9-17)38-12-18-20(35)26(4,27)24(40-18)34-13-29-19-21(30-16-10-11-16)31-25(28)32-22(19)34/h5-9,13-16,18,20,24,35H,10-12H2,1-4H3,(H,33,37)(H3,28,30,31,32)/t15-,18+,20+,24+,26+,42?/m0/s1. The lowest BCUT2D eigenvalue weighted by Crippen LogP contribution is -2.41. The van der Waals surface area contributed by atoms with E-state index in [1.807, 2.05) is 0 Å². The van der Waals surface area contributed by atoms with Crippen molar-refractivity contribution < 1.29 is 37.4 Å². The van der Waals surface area contributed by atoms with Crippen LogP contribution < -0.4 is 20.7 Å². The molecule has 16 heteroatoms. The van der Waals surface area contributed by atoms with Crippen molar-refractivity contribution in [3.05, 3.63) is 36.7 Å². The smallest absolute Gasteiger partial charge is 0.459 e. The number of nitrogens with zero attached hydrogens (tertiary/aromatic N) is 4. The molecule has 1 aliphatic heterocycles. The molecular weight excluding hydrogens is 572 g/mol. The zero-order valence-corrected chi connectivity index (χ0v) is 24.5. The second-order valence-electron chi connectivity index (χ2n) is 10.8. The zero-order valence-electron chi connectivity index (χ0n) is 23.6. The Labute approximate surface area is 241 Å². The Bertz CT molecular complexity index is 1470. The number of para-hydroxylation sites is 1. The molecular formula is C26H35FN7O7P. The van der Waals surface area contributed by atoms with E-state index in [1.54, 1.807) is 44.2 Å². The minimum atomic E-state index is -4.28. The normalized spacial score (nSPS) is 26.2. The Morgan fingerprint density at radius 3 is 2.67 bits per heavy atom. The van der Waals surface area contributed by atoms with Gasteiger partial charge in [-0.3, -0.25) is 13.9 Å². The summed E-state index contributed by atoms with van der Waals surface area (Å²) in [4.78, 5) is 25.2. The van der Waals surface area contributed by atoms with Crippen LogP contribution in [0.25, 0.3) is 11.2 Å². The van der Waals surface area contributed by atoms with Gasteiger partial charge in [-0.25, -0.2) is 13.9 Å². The van der Waals surface area contributed by atoms with Gasteiger partial charge in [-0.1, -0.05) is 18.2 Å². The molecule has 2 aromatic heterocycles. The van der Waals surface area contributed by atoms with E-state index in [1.165, 1.54) is 24.7 Å². The molecule has 2 fully saturated rings. The van der Waals surface area contributed by atoms with Gasteiger partial charge >= 0.3 is 13.7 Å². The minimum absolute atomic E-state index is 0.0402. The SMILES string of the molecule is CC(C)OC(=O)[C@H](C)NP(=O)(OC[C@H]1O[C@@H](n2cnc3c(NC4CC4)nc(N)nc32)[C@](C)(F)[C@@H]1O)Oc1ccccc1. The van der Waals surface area contributed by atoms with Gasteiger partial charge < -0.3 is 30.2 Å². The molecule has 3 heterocycles. The maximum atomic E-state index is 16.1. The van der Waals surface area contributed by atoms with Crippen molar-refractivity contribution in [2.24, 2.45) is 0 Å². The number of hydrogen-bond acceptors (Lipinski definition) is 12. The molecule has 42 heavy (non-hydrogen) atoms. The fourth-order valence-electron chi connectivity index (χ4n) is 4.48. The van der Waals surface area contributed by atoms with Crippen molar-refractivity contribution in [2.45, 2.75) is 82.8 Å². The third-order valence-corrected chi connectivity index (χ3v) is 8.41. The molecule has 1 saturated heterocycles. The number of nitrogen functional groups attached to an aromatic ring is 1. The third-order valence-electron chi connectivity index (χ3n) is 6.76. The summed E-state index contributed by atoms with van der Waals surface area (Å²) >= 11 is 0. The molecule has 14 nitrogen and oxygen atoms in total. The number of rotatable bonds is 12. The average molecular weight is 608 g/mol. The Kier molecular flexibility index (Phi) is 8.41. The van der Waals surface area contributed by atoms with Crippen molar-refractivity contribution in [3.8, 4) is 5.75 Å². The molecule has 5 N–H and O–H groups in total. The molecule has 0 bridgehead atoms. The maximum absolute atomic E-state index is 16.1. The van der Waals surface area contributed by atoms with E-state index >= 15 is 4.39 Å². The summed E-state index contributed by atoms with van der Waals surface area (Å²) in [6.07, 6.45) is -1.50. The van der Waals surface area contributed by atoms with Crippen molar-refractivity contribution in [1.29, 1.82) is 0 Å². The van der Waals surface area contributed by atoms with Crippen molar-refractivity contribution in [1.82, 2.24) is 24.6 Å². The number of ether oxygens (including phenoxy) is 2. The van der Waals surface area contributed by atoms with Crippen LogP contribution in [-0.2, 0) is 23.4 Å². The topological polar surface area (TPSA) is 185 Å². The number of benzene rings is 1. The van der Waals surface area contributed by atoms with Crippen LogP contribution in [0, 0.1) is 0 Å². The molecule has 228 valence electrons. The number of aliphatic hydroxyl groups excluding tert-OH is 1. The minimum Gasteiger partial charge on any atom is -0.462 e. The van der Waals surface area contributed by atoms with Crippen LogP contribution in [-0.4, -0.2) is 73.3 Å². The van der Waals surface area contributed by atoms with Crippen LogP contribution in [0.3, 0.4) is 0 Å². The van der Waals surface area contributed by atoms with Crippen LogP contribution >= 0.6 is 7.75 Å². The summed E-state index contributed by atoms with van der Waals surface area (Å²) < 4.78 is 53.6. The number of alkyl halides is 1. The van der Waals surface area contributed by atoms with Gasteiger partial charge in [0, 0.05) is 6.04 Å². The lowest BCUT2D eigenvalue weighted by Gasteiger charge is -2.25. The molecule has 0 radical (unpaired) electrons. The maximum Gasteiger partial charge on any atom is 0.459 e. The molecule has 0 amide bonds. The predicted molar refractivity (Wildman–Crippen MR) is 150 cm³/mol. The average Bonchev–Trinajstić information content (AvgIpc) is 3.59. The summed E-state index contributed by atoms with van der Waals surface area (Å²) in [5.74, 6) is -0.103. The molecule has 1 unspecified atom stereocenters. The lowest BCUT2D eigenvalue weighted by atomic mass is 9.98. The van der Waals surface area contributed by atoms with E-state index in [9.17, 15) is 14.5 Å². The number of esters is 1. The van der Waals surface area contributed by atoms with Crippen molar-refractivity contribution >= 4 is 36.6 Å². The highest BCUT2D eigenvalue weighted by Crippen LogP contribution is 2.48. The number of nitrogens with two attached hydrogens (primary N) is 1. The first kappa shape index (κ1) is 30.1. The highest BCUT2D eigenvalue weighted by atomic mass is 31.2. The van der Waals surface area contributed by atoms with Crippen LogP contribution in [0.5, 0.6) is 5.75 Å². The Morgan fingerprint density at radius 2 is 2.00 bits per heavy atom. The number of halogens is 1. The van der Waals surface area contributed by atoms with Gasteiger partial charge in [-0.15, -0.1) is 0 Å². The Morgan fingerprint density at radius 1 is 1.29 bits per heavy atom. The van der Waals surface area contributed by atoms with Gasteiger partial charge in [0.1, 0.15) is 24.0 Å². The highest BCUT2D eigenvalue weighted by Gasteiger charge is 2.56. The summed E-state index contributed by atoms with van der Waals surface area (Å²) in [5, 5.41) is 16.7. The van der Waals surface area contributed by atoms with Crippen LogP contribution in [0.15, 0.2) is 36.7 Å². The van der Waals surface area contributed by atoms with Crippen LogP contribution in [0.1, 0.15) is 46.8 Å². The molecule has 1 saturated carbocycles. The number of carbonyl (C=O) groups excluding carboxylic acids is 1. The Balaban J connectivity index is 1.36. The molecule has 3 aromatic rings. The molecule has 1 aromatic carbocycles. The summed E-state index contributed by atoms with van der Waals surface area (Å²) in [7, 11) is -4.28. The number of imidazole rings is 1. The van der Waals surface area contributed by atoms with E-state index in [0.717, 1.165) is 12.8 Å². The van der Waals surface area contributed by atoms with Gasteiger partial charge in [0.05, 0.1) is 19.0 Å². The number of anilines is 2. The van der Waals surface area contributed by atoms with Gasteiger partial charge in [0.15, 0.2) is 28.9 Å².